The van der Waals surface area contributed by atoms with Crippen LogP contribution in [0.5, 0.6) is 0 Å². The topological polar surface area (TPSA) is 54.0 Å². The van der Waals surface area contributed by atoms with Crippen molar-refractivity contribution in [1.29, 1.82) is 0 Å². The first-order valence-electron chi connectivity index (χ1n) is 6.12. The first kappa shape index (κ1) is 13.1. The zero-order valence-electron chi connectivity index (χ0n) is 11.3. The molecular weight excluding hydrogens is 238 g/mol. The summed E-state index contributed by atoms with van der Waals surface area (Å²) >= 11 is 0. The number of nitrogens with one attached hydrogen (secondary N) is 2. The summed E-state index contributed by atoms with van der Waals surface area (Å²) in [4.78, 5) is 16.1. The Hall–Kier alpha value is -2.36. The Morgan fingerprint density at radius 1 is 1.05 bits per heavy atom. The van der Waals surface area contributed by atoms with Crippen molar-refractivity contribution in [3.05, 3.63) is 53.3 Å². The van der Waals surface area contributed by atoms with Crippen LogP contribution in [0.15, 0.2) is 36.5 Å². The molecule has 0 spiro atoms. The van der Waals surface area contributed by atoms with Gasteiger partial charge in [-0.05, 0) is 49.2 Å². The van der Waals surface area contributed by atoms with Gasteiger partial charge < -0.3 is 10.6 Å². The number of hydrogen-bond donors (Lipinski definition) is 2. The maximum absolute atomic E-state index is 12.1. The standard InChI is InChI=1S/C15H17N3O/c1-10-4-5-13(8-11(10)2)18-15(19)14-9-12(16-3)6-7-17-14/h4-9H,1-3H3,(H,16,17)(H,18,19). The summed E-state index contributed by atoms with van der Waals surface area (Å²) in [6.07, 6.45) is 1.61. The zero-order chi connectivity index (χ0) is 13.8. The van der Waals surface area contributed by atoms with Gasteiger partial charge in [0.05, 0.1) is 0 Å². The highest BCUT2D eigenvalue weighted by Crippen LogP contribution is 2.15. The summed E-state index contributed by atoms with van der Waals surface area (Å²) in [6, 6.07) is 9.36. The number of carbonyl (C=O) groups excluding carboxylic acids is 1. The van der Waals surface area contributed by atoms with E-state index in [0.717, 1.165) is 16.9 Å². The highest BCUT2D eigenvalue weighted by molar-refractivity contribution is 6.03. The van der Waals surface area contributed by atoms with Crippen LogP contribution in [0.1, 0.15) is 21.6 Å². The third-order valence-electron chi connectivity index (χ3n) is 3.05. The van der Waals surface area contributed by atoms with Crippen molar-refractivity contribution in [3.8, 4) is 0 Å². The number of benzene rings is 1. The van der Waals surface area contributed by atoms with Crippen LogP contribution in [0, 0.1) is 13.8 Å². The van der Waals surface area contributed by atoms with Gasteiger partial charge in [0.25, 0.3) is 5.91 Å². The quantitative estimate of drug-likeness (QED) is 0.886. The molecule has 1 amide bonds. The van der Waals surface area contributed by atoms with Gasteiger partial charge in [-0.15, -0.1) is 0 Å². The Labute approximate surface area is 112 Å². The second kappa shape index (κ2) is 5.52. The molecule has 4 nitrogen and oxygen atoms in total. The van der Waals surface area contributed by atoms with E-state index >= 15 is 0 Å². The maximum Gasteiger partial charge on any atom is 0.274 e. The van der Waals surface area contributed by atoms with E-state index in [9.17, 15) is 4.79 Å². The molecule has 0 aliphatic carbocycles. The molecule has 0 bridgehead atoms. The zero-order valence-corrected chi connectivity index (χ0v) is 11.3. The van der Waals surface area contributed by atoms with Crippen molar-refractivity contribution in [2.24, 2.45) is 0 Å². The minimum Gasteiger partial charge on any atom is -0.388 e. The Kier molecular flexibility index (Phi) is 3.80. The number of aryl methyl sites for hydroxylation is 2. The summed E-state index contributed by atoms with van der Waals surface area (Å²) in [5.41, 5.74) is 4.39. The summed E-state index contributed by atoms with van der Waals surface area (Å²) in [7, 11) is 1.81. The SMILES string of the molecule is CNc1ccnc(C(=O)Nc2ccc(C)c(C)c2)c1. The molecule has 2 rings (SSSR count). The van der Waals surface area contributed by atoms with Gasteiger partial charge in [0, 0.05) is 24.6 Å². The van der Waals surface area contributed by atoms with E-state index in [1.165, 1.54) is 5.56 Å². The first-order valence-corrected chi connectivity index (χ1v) is 6.12. The summed E-state index contributed by atoms with van der Waals surface area (Å²) in [5, 5.41) is 5.83. The van der Waals surface area contributed by atoms with Crippen LogP contribution in [0.3, 0.4) is 0 Å². The van der Waals surface area contributed by atoms with Gasteiger partial charge in [-0.1, -0.05) is 6.07 Å². The van der Waals surface area contributed by atoms with Crippen molar-refractivity contribution in [1.82, 2.24) is 4.98 Å². The number of rotatable bonds is 3. The Morgan fingerprint density at radius 3 is 2.53 bits per heavy atom. The third kappa shape index (κ3) is 3.10. The van der Waals surface area contributed by atoms with Gasteiger partial charge in [0.2, 0.25) is 0 Å². The minimum atomic E-state index is -0.208. The molecule has 0 aliphatic heterocycles. The fourth-order valence-corrected chi connectivity index (χ4v) is 1.72. The van der Waals surface area contributed by atoms with E-state index < -0.39 is 0 Å². The second-order valence-electron chi connectivity index (χ2n) is 4.43. The van der Waals surface area contributed by atoms with Crippen LogP contribution < -0.4 is 10.6 Å². The normalized spacial score (nSPS) is 10.1. The van der Waals surface area contributed by atoms with E-state index in [2.05, 4.69) is 15.6 Å². The molecule has 19 heavy (non-hydrogen) atoms. The molecule has 4 heteroatoms. The molecule has 0 fully saturated rings. The number of amides is 1. The van der Waals surface area contributed by atoms with Crippen molar-refractivity contribution in [3.63, 3.8) is 0 Å². The lowest BCUT2D eigenvalue weighted by molar-refractivity contribution is 0.102. The summed E-state index contributed by atoms with van der Waals surface area (Å²) in [5.74, 6) is -0.208. The number of pyridine rings is 1. The number of hydrogen-bond acceptors (Lipinski definition) is 3. The monoisotopic (exact) mass is 255 g/mol. The predicted octanol–water partition coefficient (Wildman–Crippen LogP) is 2.99. The molecule has 98 valence electrons. The Balaban J connectivity index is 2.18. The molecule has 1 aromatic heterocycles. The minimum absolute atomic E-state index is 0.208. The van der Waals surface area contributed by atoms with Gasteiger partial charge in [0.15, 0.2) is 0 Å². The highest BCUT2D eigenvalue weighted by atomic mass is 16.1. The second-order valence-corrected chi connectivity index (χ2v) is 4.43. The molecule has 0 aliphatic rings. The molecule has 0 unspecified atom stereocenters. The van der Waals surface area contributed by atoms with Gasteiger partial charge >= 0.3 is 0 Å². The Morgan fingerprint density at radius 2 is 1.84 bits per heavy atom. The van der Waals surface area contributed by atoms with Crippen LogP contribution in [0.25, 0.3) is 0 Å². The smallest absolute Gasteiger partial charge is 0.274 e. The van der Waals surface area contributed by atoms with Crippen molar-refractivity contribution >= 4 is 17.3 Å². The predicted molar refractivity (Wildman–Crippen MR) is 77.7 cm³/mol. The molecule has 1 aromatic carbocycles. The van der Waals surface area contributed by atoms with Gasteiger partial charge in [-0.2, -0.15) is 0 Å². The largest absolute Gasteiger partial charge is 0.388 e. The average Bonchev–Trinajstić information content (AvgIpc) is 2.43. The summed E-state index contributed by atoms with van der Waals surface area (Å²) in [6.45, 7) is 4.06. The fourth-order valence-electron chi connectivity index (χ4n) is 1.72. The Bertz CT molecular complexity index is 608. The van der Waals surface area contributed by atoms with Gasteiger partial charge in [-0.3, -0.25) is 9.78 Å². The van der Waals surface area contributed by atoms with Crippen LogP contribution >= 0.6 is 0 Å². The van der Waals surface area contributed by atoms with Gasteiger partial charge in [0.1, 0.15) is 5.69 Å². The first-order chi connectivity index (χ1) is 9.10. The molecule has 0 atom stereocenters. The van der Waals surface area contributed by atoms with E-state index in [-0.39, 0.29) is 5.91 Å². The van der Waals surface area contributed by atoms with E-state index in [0.29, 0.717) is 5.69 Å². The number of carbonyl (C=O) groups is 1. The molecule has 0 saturated carbocycles. The molecule has 1 heterocycles. The van der Waals surface area contributed by atoms with Crippen LogP contribution in [-0.2, 0) is 0 Å². The number of nitrogens with zero attached hydrogens (tertiary/aromatic N) is 1. The van der Waals surface area contributed by atoms with E-state index in [4.69, 9.17) is 0 Å². The van der Waals surface area contributed by atoms with E-state index in [1.807, 2.05) is 38.1 Å². The van der Waals surface area contributed by atoms with Crippen molar-refractivity contribution < 1.29 is 4.79 Å². The van der Waals surface area contributed by atoms with Crippen molar-refractivity contribution in [2.45, 2.75) is 13.8 Å². The molecule has 2 N–H and O–H groups in total. The van der Waals surface area contributed by atoms with Crippen molar-refractivity contribution in [2.75, 3.05) is 17.7 Å². The molecular formula is C15H17N3O. The van der Waals surface area contributed by atoms with Gasteiger partial charge in [-0.25, -0.2) is 0 Å². The molecule has 0 saturated heterocycles. The number of anilines is 2. The molecule has 2 aromatic rings. The lowest BCUT2D eigenvalue weighted by atomic mass is 10.1. The summed E-state index contributed by atoms with van der Waals surface area (Å²) < 4.78 is 0. The lowest BCUT2D eigenvalue weighted by Gasteiger charge is -2.08. The average molecular weight is 255 g/mol. The fraction of sp³-hybridized carbons (Fsp3) is 0.200. The van der Waals surface area contributed by atoms with Crippen LogP contribution in [-0.4, -0.2) is 17.9 Å². The molecule has 0 radical (unpaired) electrons. The van der Waals surface area contributed by atoms with E-state index in [1.54, 1.807) is 19.3 Å². The van der Waals surface area contributed by atoms with Crippen LogP contribution in [0.2, 0.25) is 0 Å². The number of aromatic nitrogens is 1. The maximum atomic E-state index is 12.1. The highest BCUT2D eigenvalue weighted by Gasteiger charge is 2.08. The lowest BCUT2D eigenvalue weighted by Crippen LogP contribution is -2.14. The van der Waals surface area contributed by atoms with Crippen LogP contribution in [0.4, 0.5) is 11.4 Å². The third-order valence-corrected chi connectivity index (χ3v) is 3.05.